The summed E-state index contributed by atoms with van der Waals surface area (Å²) in [5.74, 6) is 0.257. The molecule has 6 nitrogen and oxygen atoms in total. The molecule has 1 aromatic carbocycles. The molecule has 0 amide bonds. The van der Waals surface area contributed by atoms with Crippen LogP contribution in [0.3, 0.4) is 0 Å². The summed E-state index contributed by atoms with van der Waals surface area (Å²) in [7, 11) is 2.77. The summed E-state index contributed by atoms with van der Waals surface area (Å²) >= 11 is 0. The molecule has 0 spiro atoms. The average molecular weight is 225 g/mol. The highest BCUT2D eigenvalue weighted by atomic mass is 16.6. The highest BCUT2D eigenvalue weighted by molar-refractivity contribution is 5.61. The highest BCUT2D eigenvalue weighted by Gasteiger charge is 2.10. The zero-order chi connectivity index (χ0) is 12.1. The van der Waals surface area contributed by atoms with Gasteiger partial charge in [-0.25, -0.2) is 0 Å². The Labute approximate surface area is 91.9 Å². The van der Waals surface area contributed by atoms with Gasteiger partial charge in [-0.15, -0.1) is 0 Å². The van der Waals surface area contributed by atoms with Crippen LogP contribution < -0.4 is 9.47 Å². The van der Waals surface area contributed by atoms with Gasteiger partial charge in [-0.2, -0.15) is 0 Å². The number of nitrogens with zero attached hydrogens (tertiary/aromatic N) is 1. The molecule has 1 N–H and O–H groups in total. The molecule has 6 heteroatoms. The summed E-state index contributed by atoms with van der Waals surface area (Å²) in [4.78, 5) is 9.58. The van der Waals surface area contributed by atoms with Crippen molar-refractivity contribution in [2.75, 3.05) is 14.2 Å². The van der Waals surface area contributed by atoms with Crippen LogP contribution in [0.15, 0.2) is 18.3 Å². The second-order valence-corrected chi connectivity index (χ2v) is 2.88. The van der Waals surface area contributed by atoms with Crippen molar-refractivity contribution < 1.29 is 19.5 Å². The smallest absolute Gasteiger partial charge is 0.235 e. The van der Waals surface area contributed by atoms with Crippen LogP contribution in [0.1, 0.15) is 5.56 Å². The average Bonchev–Trinajstić information content (AvgIpc) is 2.27. The molecule has 1 rings (SSSR count). The van der Waals surface area contributed by atoms with Gasteiger partial charge in [0.25, 0.3) is 0 Å². The first-order valence-electron chi connectivity index (χ1n) is 4.35. The summed E-state index contributed by atoms with van der Waals surface area (Å²) in [6, 6.07) is 2.94. The summed E-state index contributed by atoms with van der Waals surface area (Å²) < 4.78 is 9.80. The van der Waals surface area contributed by atoms with Crippen molar-refractivity contribution in [1.29, 1.82) is 0 Å². The number of hydrogen-bond donors (Lipinski definition) is 1. The van der Waals surface area contributed by atoms with Crippen LogP contribution in [0.4, 0.5) is 0 Å². The Kier molecular flexibility index (Phi) is 3.71. The summed E-state index contributed by atoms with van der Waals surface area (Å²) in [5.41, 5.74) is 0.503. The lowest BCUT2D eigenvalue weighted by Gasteiger charge is -2.08. The number of aromatic hydroxyl groups is 1. The summed E-state index contributed by atoms with van der Waals surface area (Å²) in [6.45, 7) is 0. The van der Waals surface area contributed by atoms with Gasteiger partial charge in [0, 0.05) is 6.08 Å². The molecule has 0 atom stereocenters. The number of ether oxygens (including phenoxy) is 2. The molecule has 0 aliphatic carbocycles. The van der Waals surface area contributed by atoms with Gasteiger partial charge in [-0.1, -0.05) is 0 Å². The van der Waals surface area contributed by atoms with Crippen molar-refractivity contribution in [3.05, 3.63) is 34.0 Å². The van der Waals surface area contributed by atoms with Crippen LogP contribution in [0.5, 0.6) is 17.2 Å². The molecule has 0 aliphatic rings. The molecule has 1 aromatic rings. The maximum Gasteiger partial charge on any atom is 0.235 e. The molecule has 0 saturated carbocycles. The van der Waals surface area contributed by atoms with Gasteiger partial charge in [-0.3, -0.25) is 10.1 Å². The second-order valence-electron chi connectivity index (χ2n) is 2.88. The van der Waals surface area contributed by atoms with E-state index >= 15 is 0 Å². The molecule has 0 aromatic heterocycles. The largest absolute Gasteiger partial charge is 0.502 e. The first kappa shape index (κ1) is 11.8. The lowest BCUT2D eigenvalue weighted by Crippen LogP contribution is -1.90. The van der Waals surface area contributed by atoms with Crippen LogP contribution in [0.2, 0.25) is 0 Å². The minimum absolute atomic E-state index is 0.136. The zero-order valence-electron chi connectivity index (χ0n) is 8.84. The van der Waals surface area contributed by atoms with Crippen molar-refractivity contribution in [3.8, 4) is 17.2 Å². The SMILES string of the molecule is COc1cc(/C=C/[N+](=O)[O-])cc(OC)c1O. The van der Waals surface area contributed by atoms with Gasteiger partial charge < -0.3 is 14.6 Å². The van der Waals surface area contributed by atoms with Crippen LogP contribution in [-0.2, 0) is 0 Å². The van der Waals surface area contributed by atoms with Crippen LogP contribution >= 0.6 is 0 Å². The molecule has 16 heavy (non-hydrogen) atoms. The van der Waals surface area contributed by atoms with E-state index in [2.05, 4.69) is 0 Å². The number of phenolic OH excluding ortho intramolecular Hbond substituents is 1. The van der Waals surface area contributed by atoms with E-state index in [4.69, 9.17) is 9.47 Å². The van der Waals surface area contributed by atoms with E-state index in [9.17, 15) is 15.2 Å². The minimum atomic E-state index is -0.578. The van der Waals surface area contributed by atoms with Gasteiger partial charge in [0.05, 0.1) is 19.1 Å². The van der Waals surface area contributed by atoms with Gasteiger partial charge >= 0.3 is 0 Å². The first-order chi connectivity index (χ1) is 7.58. The van der Waals surface area contributed by atoms with Crippen molar-refractivity contribution >= 4 is 6.08 Å². The van der Waals surface area contributed by atoms with Crippen molar-refractivity contribution in [3.63, 3.8) is 0 Å². The van der Waals surface area contributed by atoms with E-state index in [-0.39, 0.29) is 17.2 Å². The lowest BCUT2D eigenvalue weighted by atomic mass is 10.2. The van der Waals surface area contributed by atoms with Crippen LogP contribution in [0.25, 0.3) is 6.08 Å². The molecule has 0 saturated heterocycles. The molecule has 0 heterocycles. The predicted molar refractivity (Wildman–Crippen MR) is 57.2 cm³/mol. The van der Waals surface area contributed by atoms with Gasteiger partial charge in [0.2, 0.25) is 11.9 Å². The molecule has 0 fully saturated rings. The molecule has 86 valence electrons. The molecule has 0 unspecified atom stereocenters. The van der Waals surface area contributed by atoms with Crippen LogP contribution in [0, 0.1) is 10.1 Å². The second kappa shape index (κ2) is 5.01. The maximum absolute atomic E-state index is 10.2. The topological polar surface area (TPSA) is 81.8 Å². The fourth-order valence-electron chi connectivity index (χ4n) is 1.16. The Morgan fingerprint density at radius 1 is 1.31 bits per heavy atom. The van der Waals surface area contributed by atoms with E-state index in [1.807, 2.05) is 0 Å². The number of hydrogen-bond acceptors (Lipinski definition) is 5. The Hall–Kier alpha value is -2.24. The lowest BCUT2D eigenvalue weighted by molar-refractivity contribution is -0.400. The Morgan fingerprint density at radius 3 is 2.19 bits per heavy atom. The highest BCUT2D eigenvalue weighted by Crippen LogP contribution is 2.37. The number of methoxy groups -OCH3 is 2. The van der Waals surface area contributed by atoms with E-state index in [0.29, 0.717) is 5.56 Å². The number of rotatable bonds is 4. The zero-order valence-corrected chi connectivity index (χ0v) is 8.84. The first-order valence-corrected chi connectivity index (χ1v) is 4.35. The number of benzene rings is 1. The third-order valence-electron chi connectivity index (χ3n) is 1.89. The molecular weight excluding hydrogens is 214 g/mol. The molecular formula is C10H11NO5. The van der Waals surface area contributed by atoms with Gasteiger partial charge in [0.1, 0.15) is 0 Å². The van der Waals surface area contributed by atoms with E-state index in [1.54, 1.807) is 0 Å². The van der Waals surface area contributed by atoms with Crippen molar-refractivity contribution in [2.45, 2.75) is 0 Å². The quantitative estimate of drug-likeness (QED) is 0.622. The van der Waals surface area contributed by atoms with E-state index in [1.165, 1.54) is 32.4 Å². The van der Waals surface area contributed by atoms with E-state index < -0.39 is 4.92 Å². The normalized spacial score (nSPS) is 10.4. The van der Waals surface area contributed by atoms with Gasteiger partial charge in [-0.05, 0) is 17.7 Å². The number of phenols is 1. The Bertz CT molecular complexity index is 402. The summed E-state index contributed by atoms with van der Waals surface area (Å²) in [5, 5.41) is 19.7. The monoisotopic (exact) mass is 225 g/mol. The molecule has 0 aliphatic heterocycles. The third-order valence-corrected chi connectivity index (χ3v) is 1.89. The fourth-order valence-corrected chi connectivity index (χ4v) is 1.16. The molecule has 0 bridgehead atoms. The van der Waals surface area contributed by atoms with E-state index in [0.717, 1.165) is 6.20 Å². The van der Waals surface area contributed by atoms with Gasteiger partial charge in [0.15, 0.2) is 11.5 Å². The minimum Gasteiger partial charge on any atom is -0.502 e. The third kappa shape index (κ3) is 2.63. The predicted octanol–water partition coefficient (Wildman–Crippen LogP) is 1.66. The fraction of sp³-hybridized carbons (Fsp3) is 0.200. The Morgan fingerprint density at radius 2 is 1.81 bits per heavy atom. The standard InChI is InChI=1S/C10H11NO5/c1-15-8-5-7(3-4-11(13)14)6-9(16-2)10(8)12/h3-6,12H,1-2H3/b4-3+. The summed E-state index contributed by atoms with van der Waals surface area (Å²) in [6.07, 6.45) is 2.08. The number of nitro groups is 1. The molecule has 0 radical (unpaired) electrons. The van der Waals surface area contributed by atoms with Crippen LogP contribution in [-0.4, -0.2) is 24.2 Å². The maximum atomic E-state index is 10.2. The van der Waals surface area contributed by atoms with Crippen molar-refractivity contribution in [2.24, 2.45) is 0 Å². The Balaban J connectivity index is 3.16. The van der Waals surface area contributed by atoms with Crippen molar-refractivity contribution in [1.82, 2.24) is 0 Å².